The molecular weight excluding hydrogens is 336 g/mol. The molecule has 1 saturated heterocycles. The summed E-state index contributed by atoms with van der Waals surface area (Å²) < 4.78 is 1.69. The van der Waals surface area contributed by atoms with Gasteiger partial charge in [-0.3, -0.25) is 4.79 Å². The lowest BCUT2D eigenvalue weighted by Gasteiger charge is -2.31. The summed E-state index contributed by atoms with van der Waals surface area (Å²) in [5, 5.41) is 4.42. The van der Waals surface area contributed by atoms with Crippen molar-refractivity contribution in [1.29, 1.82) is 0 Å². The van der Waals surface area contributed by atoms with Gasteiger partial charge in [0, 0.05) is 13.1 Å². The molecule has 2 heterocycles. The number of aromatic nitrogens is 3. The summed E-state index contributed by atoms with van der Waals surface area (Å²) in [6.07, 6.45) is 4.76. The summed E-state index contributed by atoms with van der Waals surface area (Å²) >= 11 is 0. The Kier molecular flexibility index (Phi) is 5.01. The minimum absolute atomic E-state index is 0.0690. The lowest BCUT2D eigenvalue weighted by Crippen LogP contribution is -2.39. The van der Waals surface area contributed by atoms with Crippen molar-refractivity contribution < 1.29 is 4.79 Å². The maximum atomic E-state index is 12.8. The molecule has 1 fully saturated rings. The van der Waals surface area contributed by atoms with Gasteiger partial charge in [0.15, 0.2) is 0 Å². The van der Waals surface area contributed by atoms with Gasteiger partial charge < -0.3 is 4.90 Å². The summed E-state index contributed by atoms with van der Waals surface area (Å²) in [4.78, 5) is 18.9. The van der Waals surface area contributed by atoms with Crippen molar-refractivity contribution in [2.24, 2.45) is 5.92 Å². The number of aryl methyl sites for hydroxylation is 1. The molecule has 5 nitrogen and oxygen atoms in total. The number of para-hydroxylation sites is 1. The van der Waals surface area contributed by atoms with Crippen LogP contribution in [0.25, 0.3) is 5.69 Å². The second-order valence-corrected chi connectivity index (χ2v) is 7.22. The van der Waals surface area contributed by atoms with Crippen molar-refractivity contribution >= 4 is 5.91 Å². The van der Waals surface area contributed by atoms with E-state index >= 15 is 0 Å². The first kappa shape index (κ1) is 17.5. The predicted molar refractivity (Wildman–Crippen MR) is 105 cm³/mol. The molecule has 0 aliphatic carbocycles. The summed E-state index contributed by atoms with van der Waals surface area (Å²) in [5.41, 5.74) is 3.43. The molecule has 27 heavy (non-hydrogen) atoms. The Hall–Kier alpha value is -2.95. The Bertz CT molecular complexity index is 911. The highest BCUT2D eigenvalue weighted by atomic mass is 16.2. The molecule has 1 amide bonds. The number of amides is 1. The molecule has 0 bridgehead atoms. The zero-order valence-electron chi connectivity index (χ0n) is 15.6. The topological polar surface area (TPSA) is 51.0 Å². The predicted octanol–water partition coefficient (Wildman–Crippen LogP) is 3.67. The third-order valence-corrected chi connectivity index (χ3v) is 5.31. The minimum Gasteiger partial charge on any atom is -0.336 e. The van der Waals surface area contributed by atoms with Crippen LogP contribution in [-0.4, -0.2) is 38.7 Å². The summed E-state index contributed by atoms with van der Waals surface area (Å²) in [6.45, 7) is 3.57. The van der Waals surface area contributed by atoms with Crippen molar-refractivity contribution in [3.05, 3.63) is 77.9 Å². The minimum atomic E-state index is -0.0690. The van der Waals surface area contributed by atoms with Crippen LogP contribution < -0.4 is 0 Å². The number of hydrogen-bond donors (Lipinski definition) is 0. The van der Waals surface area contributed by atoms with E-state index in [-0.39, 0.29) is 11.7 Å². The third-order valence-electron chi connectivity index (χ3n) is 5.31. The maximum Gasteiger partial charge on any atom is 0.293 e. The van der Waals surface area contributed by atoms with Crippen molar-refractivity contribution in [3.63, 3.8) is 0 Å². The van der Waals surface area contributed by atoms with Gasteiger partial charge in [-0.2, -0.15) is 0 Å². The van der Waals surface area contributed by atoms with Crippen LogP contribution in [0, 0.1) is 12.8 Å². The van der Waals surface area contributed by atoms with Crippen LogP contribution in [0.5, 0.6) is 0 Å². The molecule has 4 rings (SSSR count). The molecule has 1 aliphatic rings. The number of carbonyl (C=O) groups excluding carboxylic acids is 1. The number of likely N-dealkylation sites (tertiary alicyclic amines) is 1. The van der Waals surface area contributed by atoms with Crippen molar-refractivity contribution in [2.45, 2.75) is 26.2 Å². The van der Waals surface area contributed by atoms with Gasteiger partial charge in [0.2, 0.25) is 5.82 Å². The molecule has 0 unspecified atom stereocenters. The molecule has 1 aromatic heterocycles. The van der Waals surface area contributed by atoms with Crippen molar-refractivity contribution in [1.82, 2.24) is 19.7 Å². The van der Waals surface area contributed by atoms with Gasteiger partial charge >= 0.3 is 0 Å². The van der Waals surface area contributed by atoms with E-state index in [1.165, 1.54) is 5.56 Å². The highest BCUT2D eigenvalue weighted by Gasteiger charge is 2.26. The van der Waals surface area contributed by atoms with Gasteiger partial charge in [-0.1, -0.05) is 48.5 Å². The Morgan fingerprint density at radius 1 is 1.04 bits per heavy atom. The molecule has 0 atom stereocenters. The molecule has 3 aromatic rings. The molecule has 0 saturated carbocycles. The SMILES string of the molecule is Cc1ccccc1-n1cnc(C(=O)N2CCC(Cc3ccccc3)CC2)n1. The number of carbonyl (C=O) groups is 1. The third kappa shape index (κ3) is 3.92. The average Bonchev–Trinajstić information content (AvgIpc) is 3.19. The largest absolute Gasteiger partial charge is 0.336 e. The molecule has 0 radical (unpaired) electrons. The van der Waals surface area contributed by atoms with E-state index in [1.807, 2.05) is 42.2 Å². The van der Waals surface area contributed by atoms with Gasteiger partial charge in [-0.05, 0) is 49.3 Å². The van der Waals surface area contributed by atoms with Crippen LogP contribution in [0.1, 0.15) is 34.6 Å². The Labute approximate surface area is 159 Å². The van der Waals surface area contributed by atoms with Crippen LogP contribution in [-0.2, 0) is 6.42 Å². The van der Waals surface area contributed by atoms with Crippen molar-refractivity contribution in [2.75, 3.05) is 13.1 Å². The number of piperidine rings is 1. The molecular formula is C22H24N4O. The summed E-state index contributed by atoms with van der Waals surface area (Å²) in [6, 6.07) is 18.5. The standard InChI is InChI=1S/C22H24N4O/c1-17-7-5-6-10-20(17)26-16-23-21(24-26)22(27)25-13-11-19(12-14-25)15-18-8-3-2-4-9-18/h2-10,16,19H,11-15H2,1H3. The van der Waals surface area contributed by atoms with Crippen LogP contribution in [0.4, 0.5) is 0 Å². The molecule has 138 valence electrons. The lowest BCUT2D eigenvalue weighted by molar-refractivity contribution is 0.0678. The van der Waals surface area contributed by atoms with Crippen LogP contribution in [0.15, 0.2) is 60.9 Å². The van der Waals surface area contributed by atoms with Gasteiger partial charge in [-0.15, -0.1) is 5.10 Å². The quantitative estimate of drug-likeness (QED) is 0.713. The maximum absolute atomic E-state index is 12.8. The van der Waals surface area contributed by atoms with Crippen LogP contribution in [0.3, 0.4) is 0 Å². The van der Waals surface area contributed by atoms with Crippen LogP contribution >= 0.6 is 0 Å². The van der Waals surface area contributed by atoms with E-state index in [1.54, 1.807) is 11.0 Å². The van der Waals surface area contributed by atoms with E-state index in [0.29, 0.717) is 5.92 Å². The molecule has 1 aliphatic heterocycles. The van der Waals surface area contributed by atoms with E-state index in [9.17, 15) is 4.79 Å². The zero-order valence-corrected chi connectivity index (χ0v) is 15.6. The summed E-state index contributed by atoms with van der Waals surface area (Å²) in [5.74, 6) is 0.842. The molecule has 2 aromatic carbocycles. The van der Waals surface area contributed by atoms with Gasteiger partial charge in [0.25, 0.3) is 5.91 Å². The second kappa shape index (κ2) is 7.74. The fourth-order valence-corrected chi connectivity index (χ4v) is 3.73. The first-order chi connectivity index (χ1) is 13.2. The van der Waals surface area contributed by atoms with E-state index in [0.717, 1.165) is 43.6 Å². The van der Waals surface area contributed by atoms with E-state index < -0.39 is 0 Å². The van der Waals surface area contributed by atoms with Crippen molar-refractivity contribution in [3.8, 4) is 5.69 Å². The Morgan fingerprint density at radius 2 is 1.74 bits per heavy atom. The number of hydrogen-bond acceptors (Lipinski definition) is 3. The Balaban J connectivity index is 1.38. The number of rotatable bonds is 4. The zero-order chi connectivity index (χ0) is 18.6. The smallest absolute Gasteiger partial charge is 0.293 e. The van der Waals surface area contributed by atoms with E-state index in [2.05, 4.69) is 34.3 Å². The summed E-state index contributed by atoms with van der Waals surface area (Å²) in [7, 11) is 0. The molecule has 0 N–H and O–H groups in total. The van der Waals surface area contributed by atoms with Gasteiger partial charge in [-0.25, -0.2) is 9.67 Å². The number of benzene rings is 2. The van der Waals surface area contributed by atoms with E-state index in [4.69, 9.17) is 0 Å². The highest BCUT2D eigenvalue weighted by molar-refractivity contribution is 5.90. The lowest BCUT2D eigenvalue weighted by atomic mass is 9.90. The first-order valence-corrected chi connectivity index (χ1v) is 9.51. The number of nitrogens with zero attached hydrogens (tertiary/aromatic N) is 4. The van der Waals surface area contributed by atoms with Gasteiger partial charge in [0.05, 0.1) is 5.69 Å². The van der Waals surface area contributed by atoms with Crippen LogP contribution in [0.2, 0.25) is 0 Å². The fraction of sp³-hybridized carbons (Fsp3) is 0.318. The average molecular weight is 360 g/mol. The highest BCUT2D eigenvalue weighted by Crippen LogP contribution is 2.22. The molecule has 5 heteroatoms. The molecule has 0 spiro atoms. The van der Waals surface area contributed by atoms with Gasteiger partial charge in [0.1, 0.15) is 6.33 Å². The monoisotopic (exact) mass is 360 g/mol. The first-order valence-electron chi connectivity index (χ1n) is 9.51. The Morgan fingerprint density at radius 3 is 2.48 bits per heavy atom. The fourth-order valence-electron chi connectivity index (χ4n) is 3.73. The normalized spacial score (nSPS) is 15.1. The second-order valence-electron chi connectivity index (χ2n) is 7.22.